The minimum Gasteiger partial charge on any atom is -0.486 e. The Morgan fingerprint density at radius 1 is 1.00 bits per heavy atom. The van der Waals surface area contributed by atoms with Crippen molar-refractivity contribution in [3.63, 3.8) is 0 Å². The molecule has 1 aliphatic heterocycles. The maximum atomic E-state index is 14.8. The molecule has 5 aromatic rings. The Morgan fingerprint density at radius 3 is 2.39 bits per heavy atom. The molecule has 10 nitrogen and oxygen atoms in total. The SMILES string of the molecule is CONC(=O)Nc1ccc(-c2sc3c(c2CCl)c(=O)n(-c2ccc4c(c2)OCCO4)c(=O)n3Cc2c(F)cccc2F)cc1. The summed E-state index contributed by atoms with van der Waals surface area (Å²) in [5, 5.41) is 2.73. The zero-order valence-corrected chi connectivity index (χ0v) is 24.6. The lowest BCUT2D eigenvalue weighted by Gasteiger charge is -2.19. The minimum atomic E-state index is -0.836. The van der Waals surface area contributed by atoms with Crippen LogP contribution in [0.15, 0.2) is 70.3 Å². The highest BCUT2D eigenvalue weighted by atomic mass is 35.5. The maximum absolute atomic E-state index is 14.8. The number of hydroxylamine groups is 1. The number of ether oxygens (including phenoxy) is 2. The molecule has 2 aromatic heterocycles. The molecule has 1 aliphatic rings. The zero-order chi connectivity index (χ0) is 31.0. The molecule has 226 valence electrons. The molecule has 0 unspecified atom stereocenters. The Balaban J connectivity index is 1.57. The lowest BCUT2D eigenvalue weighted by molar-refractivity contribution is 0.114. The van der Waals surface area contributed by atoms with Crippen LogP contribution in [0.5, 0.6) is 11.5 Å². The molecule has 0 saturated heterocycles. The van der Waals surface area contributed by atoms with Crippen molar-refractivity contribution < 1.29 is 27.9 Å². The number of halogens is 3. The fourth-order valence-electron chi connectivity index (χ4n) is 4.96. The Bertz CT molecular complexity index is 2010. The monoisotopic (exact) mass is 640 g/mol. The lowest BCUT2D eigenvalue weighted by atomic mass is 10.1. The van der Waals surface area contributed by atoms with Crippen LogP contribution in [-0.4, -0.2) is 35.5 Å². The van der Waals surface area contributed by atoms with Gasteiger partial charge in [-0.05, 0) is 42.0 Å². The first-order valence-electron chi connectivity index (χ1n) is 13.2. The molecule has 0 saturated carbocycles. The highest BCUT2D eigenvalue weighted by molar-refractivity contribution is 7.22. The number of hydrogen-bond donors (Lipinski definition) is 2. The largest absolute Gasteiger partial charge is 0.486 e. The fourth-order valence-corrected chi connectivity index (χ4v) is 6.62. The summed E-state index contributed by atoms with van der Waals surface area (Å²) < 4.78 is 43.0. The van der Waals surface area contributed by atoms with Gasteiger partial charge in [0.1, 0.15) is 29.7 Å². The van der Waals surface area contributed by atoms with Gasteiger partial charge in [-0.3, -0.25) is 14.2 Å². The van der Waals surface area contributed by atoms with Gasteiger partial charge in [-0.1, -0.05) is 18.2 Å². The highest BCUT2D eigenvalue weighted by Crippen LogP contribution is 2.39. The van der Waals surface area contributed by atoms with Crippen molar-refractivity contribution in [2.75, 3.05) is 25.6 Å². The smallest absolute Gasteiger partial charge is 0.343 e. The highest BCUT2D eigenvalue weighted by Gasteiger charge is 2.25. The second kappa shape index (κ2) is 12.1. The van der Waals surface area contributed by atoms with Crippen molar-refractivity contribution in [1.29, 1.82) is 0 Å². The van der Waals surface area contributed by atoms with E-state index in [1.807, 2.05) is 0 Å². The average Bonchev–Trinajstić information content (AvgIpc) is 3.41. The summed E-state index contributed by atoms with van der Waals surface area (Å²) in [5.41, 5.74) is 2.08. The Labute approximate surface area is 256 Å². The van der Waals surface area contributed by atoms with Crippen LogP contribution in [0, 0.1) is 11.6 Å². The van der Waals surface area contributed by atoms with Crippen LogP contribution >= 0.6 is 22.9 Å². The molecule has 14 heteroatoms. The first-order chi connectivity index (χ1) is 21.3. The third kappa shape index (κ3) is 5.29. The van der Waals surface area contributed by atoms with Crippen LogP contribution in [0.3, 0.4) is 0 Å². The van der Waals surface area contributed by atoms with Crippen LogP contribution in [0.4, 0.5) is 19.3 Å². The number of amides is 2. The van der Waals surface area contributed by atoms with Crippen LogP contribution < -0.4 is 31.5 Å². The third-order valence-corrected chi connectivity index (χ3v) is 8.54. The maximum Gasteiger partial charge on any atom is 0.343 e. The van der Waals surface area contributed by atoms with E-state index in [4.69, 9.17) is 21.1 Å². The van der Waals surface area contributed by atoms with E-state index >= 15 is 0 Å². The van der Waals surface area contributed by atoms with Crippen molar-refractivity contribution in [1.82, 2.24) is 14.6 Å². The van der Waals surface area contributed by atoms with Crippen LogP contribution in [0.2, 0.25) is 0 Å². The van der Waals surface area contributed by atoms with E-state index in [0.29, 0.717) is 39.8 Å². The van der Waals surface area contributed by atoms with E-state index in [-0.39, 0.29) is 34.0 Å². The Hall–Kier alpha value is -4.72. The van der Waals surface area contributed by atoms with Gasteiger partial charge in [-0.25, -0.2) is 28.4 Å². The van der Waals surface area contributed by atoms with Crippen molar-refractivity contribution in [3.8, 4) is 27.6 Å². The number of anilines is 1. The molecule has 0 fully saturated rings. The molecular formula is C30H23ClF2N4O6S. The molecule has 0 bridgehead atoms. The molecule has 3 heterocycles. The number of carbonyl (C=O) groups is 1. The number of aromatic nitrogens is 2. The Morgan fingerprint density at radius 2 is 1.70 bits per heavy atom. The number of rotatable bonds is 7. The second-order valence-corrected chi connectivity index (χ2v) is 10.9. The van der Waals surface area contributed by atoms with Crippen molar-refractivity contribution >= 4 is 44.9 Å². The molecule has 6 rings (SSSR count). The van der Waals surface area contributed by atoms with Crippen molar-refractivity contribution in [2.45, 2.75) is 12.4 Å². The van der Waals surface area contributed by atoms with E-state index < -0.39 is 35.5 Å². The topological polar surface area (TPSA) is 113 Å². The fraction of sp³-hybridized carbons (Fsp3) is 0.167. The summed E-state index contributed by atoms with van der Waals surface area (Å²) in [6.45, 7) is 0.155. The van der Waals surface area contributed by atoms with Gasteiger partial charge >= 0.3 is 11.7 Å². The van der Waals surface area contributed by atoms with Gasteiger partial charge < -0.3 is 14.8 Å². The standard InChI is InChI=1S/C30H23ClF2N4O6S/c1-41-35-29(39)34-17-7-5-16(6-8-17)26-19(14-31)25-27(38)37(18-9-10-23-24(13-18)43-12-11-42-23)30(40)36(28(25)44-26)15-20-21(32)3-2-4-22(20)33/h2-10,13H,11-12,14-15H2,1H3,(H2,34,35,39). The van der Waals surface area contributed by atoms with Gasteiger partial charge in [0.25, 0.3) is 5.56 Å². The molecule has 3 aromatic carbocycles. The molecule has 0 atom stereocenters. The third-order valence-electron chi connectivity index (χ3n) is 6.97. The molecule has 44 heavy (non-hydrogen) atoms. The van der Waals surface area contributed by atoms with Crippen LogP contribution in [-0.2, 0) is 17.3 Å². The van der Waals surface area contributed by atoms with Crippen molar-refractivity contribution in [2.24, 2.45) is 0 Å². The summed E-state index contributed by atoms with van der Waals surface area (Å²) in [5.74, 6) is -0.967. The molecule has 0 aliphatic carbocycles. The number of thiophene rings is 1. The predicted molar refractivity (Wildman–Crippen MR) is 162 cm³/mol. The van der Waals surface area contributed by atoms with E-state index in [9.17, 15) is 23.2 Å². The summed E-state index contributed by atoms with van der Waals surface area (Å²) >= 11 is 7.54. The van der Waals surface area contributed by atoms with Gasteiger partial charge in [0.15, 0.2) is 11.5 Å². The first-order valence-corrected chi connectivity index (χ1v) is 14.6. The minimum absolute atomic E-state index is 0.103. The Kier molecular flexibility index (Phi) is 8.08. The average molecular weight is 641 g/mol. The van der Waals surface area contributed by atoms with Gasteiger partial charge in [0.2, 0.25) is 0 Å². The van der Waals surface area contributed by atoms with E-state index in [2.05, 4.69) is 15.6 Å². The van der Waals surface area contributed by atoms with Gasteiger partial charge in [-0.15, -0.1) is 22.9 Å². The summed E-state index contributed by atoms with van der Waals surface area (Å²) in [6, 6.07) is 14.2. The quantitative estimate of drug-likeness (QED) is 0.182. The van der Waals surface area contributed by atoms with E-state index in [1.165, 1.54) is 29.9 Å². The van der Waals surface area contributed by atoms with Gasteiger partial charge in [0.05, 0.1) is 24.7 Å². The number of nitrogens with one attached hydrogen (secondary N) is 2. The van der Waals surface area contributed by atoms with E-state index in [0.717, 1.165) is 28.0 Å². The summed E-state index contributed by atoms with van der Waals surface area (Å²) in [4.78, 5) is 45.4. The number of hydrogen-bond acceptors (Lipinski definition) is 7. The van der Waals surface area contributed by atoms with Gasteiger partial charge in [-0.2, -0.15) is 0 Å². The van der Waals surface area contributed by atoms with Crippen molar-refractivity contribution in [3.05, 3.63) is 104 Å². The molecular weight excluding hydrogens is 618 g/mol. The molecule has 0 radical (unpaired) electrons. The van der Waals surface area contributed by atoms with Crippen LogP contribution in [0.25, 0.3) is 26.3 Å². The zero-order valence-electron chi connectivity index (χ0n) is 23.0. The molecule has 0 spiro atoms. The first kappa shape index (κ1) is 29.4. The molecule has 2 amide bonds. The number of carbonyl (C=O) groups excluding carboxylic acids is 1. The number of alkyl halides is 1. The van der Waals surface area contributed by atoms with Gasteiger partial charge in [0, 0.05) is 33.6 Å². The van der Waals surface area contributed by atoms with Crippen LogP contribution in [0.1, 0.15) is 11.1 Å². The number of nitrogens with zero attached hydrogens (tertiary/aromatic N) is 2. The summed E-state index contributed by atoms with van der Waals surface area (Å²) in [6.07, 6.45) is 0. The normalized spacial score (nSPS) is 12.4. The number of urea groups is 1. The number of benzene rings is 3. The predicted octanol–water partition coefficient (Wildman–Crippen LogP) is 5.40. The second-order valence-electron chi connectivity index (χ2n) is 9.60. The lowest BCUT2D eigenvalue weighted by Crippen LogP contribution is -2.39. The number of fused-ring (bicyclic) bond motifs is 2. The molecule has 2 N–H and O–H groups in total. The summed E-state index contributed by atoms with van der Waals surface area (Å²) in [7, 11) is 1.31. The van der Waals surface area contributed by atoms with E-state index in [1.54, 1.807) is 30.3 Å².